The standard InChI is InChI=1S/C29H35N7O4S/c1-18(17-37)32-27-24(16-31-28(35-27)34-21-7-6-8-23(13-21)41(5,30)39)19-9-11-20(12-10-19)33-26(38)15-22-14-25(40-36-22)29(2,3)4/h6-14,16,18,30,37H,15,17H2,1-5H3,(H,33,38)(H2,31,32,34,35). The Balaban J connectivity index is 1.51. The molecule has 4 rings (SSSR count). The lowest BCUT2D eigenvalue weighted by Gasteiger charge is -2.17. The topological polar surface area (TPSA) is 166 Å². The molecule has 0 spiro atoms. The average Bonchev–Trinajstić information content (AvgIpc) is 3.38. The van der Waals surface area contributed by atoms with Gasteiger partial charge in [0, 0.05) is 51.8 Å². The molecule has 216 valence electrons. The molecule has 2 aromatic heterocycles. The maximum Gasteiger partial charge on any atom is 0.230 e. The van der Waals surface area contributed by atoms with Gasteiger partial charge in [0.1, 0.15) is 11.6 Å². The molecule has 0 saturated heterocycles. The molecule has 12 heteroatoms. The van der Waals surface area contributed by atoms with Gasteiger partial charge in [-0.25, -0.2) is 14.0 Å². The van der Waals surface area contributed by atoms with Crippen molar-refractivity contribution in [3.63, 3.8) is 0 Å². The highest BCUT2D eigenvalue weighted by atomic mass is 32.2. The van der Waals surface area contributed by atoms with Crippen LogP contribution in [0.3, 0.4) is 0 Å². The van der Waals surface area contributed by atoms with Crippen molar-refractivity contribution in [1.82, 2.24) is 15.1 Å². The second kappa shape index (κ2) is 12.1. The maximum atomic E-state index is 12.6. The Morgan fingerprint density at radius 2 is 1.85 bits per heavy atom. The second-order valence-electron chi connectivity index (χ2n) is 10.9. The molecule has 0 bridgehead atoms. The van der Waals surface area contributed by atoms with Crippen molar-refractivity contribution in [1.29, 1.82) is 4.78 Å². The highest BCUT2D eigenvalue weighted by Gasteiger charge is 2.20. The fourth-order valence-corrected chi connectivity index (χ4v) is 4.53. The summed E-state index contributed by atoms with van der Waals surface area (Å²) < 4.78 is 25.3. The van der Waals surface area contributed by atoms with Crippen molar-refractivity contribution in [3.05, 3.63) is 72.2 Å². The van der Waals surface area contributed by atoms with Crippen molar-refractivity contribution in [2.75, 3.05) is 28.8 Å². The van der Waals surface area contributed by atoms with Crippen LogP contribution in [0, 0.1) is 4.78 Å². The molecule has 1 amide bonds. The summed E-state index contributed by atoms with van der Waals surface area (Å²) in [5, 5.41) is 22.8. The monoisotopic (exact) mass is 577 g/mol. The highest BCUT2D eigenvalue weighted by molar-refractivity contribution is 7.91. The summed E-state index contributed by atoms with van der Waals surface area (Å²) >= 11 is 0. The van der Waals surface area contributed by atoms with Crippen LogP contribution in [0.5, 0.6) is 0 Å². The van der Waals surface area contributed by atoms with Gasteiger partial charge in [-0.05, 0) is 42.8 Å². The summed E-state index contributed by atoms with van der Waals surface area (Å²) in [5.41, 5.74) is 3.10. The molecule has 2 atom stereocenters. The Kier molecular flexibility index (Phi) is 8.74. The highest BCUT2D eigenvalue weighted by Crippen LogP contribution is 2.30. The number of rotatable bonds is 10. The van der Waals surface area contributed by atoms with Crippen LogP contribution in [-0.4, -0.2) is 49.3 Å². The van der Waals surface area contributed by atoms with E-state index >= 15 is 0 Å². The normalized spacial score (nSPS) is 13.7. The molecule has 11 nitrogen and oxygen atoms in total. The van der Waals surface area contributed by atoms with Crippen LogP contribution in [0.25, 0.3) is 11.1 Å². The lowest BCUT2D eigenvalue weighted by atomic mass is 9.93. The Morgan fingerprint density at radius 3 is 2.49 bits per heavy atom. The Hall–Kier alpha value is -4.29. The van der Waals surface area contributed by atoms with Crippen LogP contribution in [0.1, 0.15) is 39.1 Å². The first kappa shape index (κ1) is 29.7. The Morgan fingerprint density at radius 1 is 1.12 bits per heavy atom. The van der Waals surface area contributed by atoms with Gasteiger partial charge in [-0.1, -0.05) is 44.1 Å². The van der Waals surface area contributed by atoms with Crippen molar-refractivity contribution in [2.45, 2.75) is 50.5 Å². The number of nitrogens with zero attached hydrogens (tertiary/aromatic N) is 3. The minimum Gasteiger partial charge on any atom is -0.394 e. The summed E-state index contributed by atoms with van der Waals surface area (Å²) in [6.45, 7) is 7.78. The smallest absolute Gasteiger partial charge is 0.230 e. The number of anilines is 4. The third-order valence-corrected chi connectivity index (χ3v) is 7.26. The molecule has 2 aromatic carbocycles. The van der Waals surface area contributed by atoms with Crippen LogP contribution >= 0.6 is 0 Å². The first-order chi connectivity index (χ1) is 19.3. The van der Waals surface area contributed by atoms with E-state index in [0.717, 1.165) is 11.3 Å². The molecular formula is C29H35N7O4S. The number of aromatic nitrogens is 3. The van der Waals surface area contributed by atoms with Crippen LogP contribution in [0.2, 0.25) is 0 Å². The minimum atomic E-state index is -2.87. The zero-order valence-corrected chi connectivity index (χ0v) is 24.5. The second-order valence-corrected chi connectivity index (χ2v) is 13.1. The number of hydrogen-bond acceptors (Lipinski definition) is 10. The number of carbonyl (C=O) groups excluding carboxylic acids is 1. The number of hydrogen-bond donors (Lipinski definition) is 5. The third kappa shape index (κ3) is 7.89. The molecule has 41 heavy (non-hydrogen) atoms. The Labute approximate surface area is 239 Å². The van der Waals surface area contributed by atoms with Gasteiger partial charge < -0.3 is 25.6 Å². The van der Waals surface area contributed by atoms with Crippen molar-refractivity contribution < 1.29 is 18.6 Å². The summed E-state index contributed by atoms with van der Waals surface area (Å²) in [5.74, 6) is 1.30. The van der Waals surface area contributed by atoms with Crippen molar-refractivity contribution in [3.8, 4) is 11.1 Å². The van der Waals surface area contributed by atoms with Crippen LogP contribution in [0.15, 0.2) is 70.2 Å². The third-order valence-electron chi connectivity index (χ3n) is 6.11. The molecule has 2 heterocycles. The van der Waals surface area contributed by atoms with Crippen molar-refractivity contribution in [2.24, 2.45) is 0 Å². The van der Waals surface area contributed by atoms with E-state index in [4.69, 9.17) is 9.30 Å². The number of aliphatic hydroxyl groups is 1. The Bertz CT molecular complexity index is 1630. The van der Waals surface area contributed by atoms with Gasteiger partial charge in [0.15, 0.2) is 0 Å². The molecule has 0 aliphatic heterocycles. The molecule has 0 radical (unpaired) electrons. The van der Waals surface area contributed by atoms with Crippen LogP contribution in [-0.2, 0) is 26.4 Å². The van der Waals surface area contributed by atoms with Gasteiger partial charge in [0.05, 0.1) is 28.5 Å². The summed E-state index contributed by atoms with van der Waals surface area (Å²) in [6.07, 6.45) is 3.12. The van der Waals surface area contributed by atoms with Crippen molar-refractivity contribution >= 4 is 38.8 Å². The predicted octanol–water partition coefficient (Wildman–Crippen LogP) is 5.18. The predicted molar refractivity (Wildman–Crippen MR) is 160 cm³/mol. The van der Waals surface area contributed by atoms with Gasteiger partial charge in [-0.3, -0.25) is 4.79 Å². The largest absolute Gasteiger partial charge is 0.394 e. The molecule has 2 unspecified atom stereocenters. The molecule has 0 aliphatic carbocycles. The number of aliphatic hydroxyl groups excluding tert-OH is 1. The molecule has 0 fully saturated rings. The van der Waals surface area contributed by atoms with Gasteiger partial charge in [-0.15, -0.1) is 0 Å². The number of benzene rings is 2. The molecule has 0 aliphatic rings. The fourth-order valence-electron chi connectivity index (χ4n) is 3.84. The zero-order chi connectivity index (χ0) is 29.8. The molecule has 4 aromatic rings. The van der Waals surface area contributed by atoms with E-state index in [-0.39, 0.29) is 36.3 Å². The van der Waals surface area contributed by atoms with E-state index in [2.05, 4.69) is 31.1 Å². The lowest BCUT2D eigenvalue weighted by Crippen LogP contribution is -2.21. The zero-order valence-electron chi connectivity index (χ0n) is 23.7. The molecule has 5 N–H and O–H groups in total. The van der Waals surface area contributed by atoms with E-state index in [0.29, 0.717) is 33.3 Å². The first-order valence-electron chi connectivity index (χ1n) is 13.0. The average molecular weight is 578 g/mol. The maximum absolute atomic E-state index is 12.6. The minimum absolute atomic E-state index is 0.0941. The number of amides is 1. The SMILES string of the molecule is CC(CO)Nc1nc(Nc2cccc(S(C)(=N)=O)c2)ncc1-c1ccc(NC(=O)Cc2cc(C(C)(C)C)on2)cc1. The summed E-state index contributed by atoms with van der Waals surface area (Å²) in [4.78, 5) is 22.0. The molecule has 0 saturated carbocycles. The molecular weight excluding hydrogens is 542 g/mol. The quantitative estimate of drug-likeness (QED) is 0.171. The summed E-state index contributed by atoms with van der Waals surface area (Å²) in [6, 6.07) is 15.6. The lowest BCUT2D eigenvalue weighted by molar-refractivity contribution is -0.115. The van der Waals surface area contributed by atoms with Crippen LogP contribution in [0.4, 0.5) is 23.1 Å². The van der Waals surface area contributed by atoms with E-state index in [1.54, 1.807) is 48.7 Å². The number of nitrogens with one attached hydrogen (secondary N) is 4. The fraction of sp³-hybridized carbons (Fsp3) is 0.310. The first-order valence-corrected chi connectivity index (χ1v) is 15.0. The van der Waals surface area contributed by atoms with Gasteiger partial charge >= 0.3 is 0 Å². The van der Waals surface area contributed by atoms with Gasteiger partial charge in [-0.2, -0.15) is 4.98 Å². The van der Waals surface area contributed by atoms with Crippen LogP contribution < -0.4 is 16.0 Å². The summed E-state index contributed by atoms with van der Waals surface area (Å²) in [7, 11) is -2.87. The van der Waals surface area contributed by atoms with E-state index < -0.39 is 9.73 Å². The van der Waals surface area contributed by atoms with Gasteiger partial charge in [0.2, 0.25) is 11.9 Å². The number of carbonyl (C=O) groups is 1. The van der Waals surface area contributed by atoms with E-state index in [1.807, 2.05) is 39.8 Å². The van der Waals surface area contributed by atoms with E-state index in [1.165, 1.54) is 6.26 Å². The van der Waals surface area contributed by atoms with Gasteiger partial charge in [0.25, 0.3) is 0 Å². The van der Waals surface area contributed by atoms with E-state index in [9.17, 15) is 14.1 Å².